The molecular formula is C44H27NOSe. The van der Waals surface area contributed by atoms with Gasteiger partial charge >= 0.3 is 248 Å². The zero-order valence-corrected chi connectivity index (χ0v) is 27.1. The Morgan fingerprint density at radius 3 is 1.91 bits per heavy atom. The van der Waals surface area contributed by atoms with E-state index in [-0.39, 0.29) is 14.5 Å². The molecule has 0 saturated heterocycles. The number of hydrogen-bond donors (Lipinski definition) is 0. The Morgan fingerprint density at radius 2 is 1.02 bits per heavy atom. The van der Waals surface area contributed by atoms with E-state index in [0.717, 1.165) is 39.0 Å². The SMILES string of the molecule is c1ccc(-c2ccc(N(c3ccc4c(c3)oc3ccccc34)c3ccc4ccc5ccc6c7ccccc7[se]c6c5c4c3)cc2)cc1. The molecule has 2 heterocycles. The van der Waals surface area contributed by atoms with Crippen LogP contribution in [-0.4, -0.2) is 14.5 Å². The van der Waals surface area contributed by atoms with Crippen molar-refractivity contribution >= 4 is 94.3 Å². The number of benzene rings is 8. The van der Waals surface area contributed by atoms with Crippen LogP contribution in [0.2, 0.25) is 0 Å². The number of para-hydroxylation sites is 1. The van der Waals surface area contributed by atoms with Gasteiger partial charge in [-0.05, 0) is 0 Å². The van der Waals surface area contributed by atoms with Crippen molar-refractivity contribution < 1.29 is 4.42 Å². The van der Waals surface area contributed by atoms with Gasteiger partial charge in [0.25, 0.3) is 0 Å². The summed E-state index contributed by atoms with van der Waals surface area (Å²) in [7, 11) is 0. The van der Waals surface area contributed by atoms with Gasteiger partial charge in [0.2, 0.25) is 0 Å². The molecule has 0 radical (unpaired) electrons. The van der Waals surface area contributed by atoms with E-state index < -0.39 is 0 Å². The third-order valence-electron chi connectivity index (χ3n) is 9.44. The van der Waals surface area contributed by atoms with Gasteiger partial charge in [-0.3, -0.25) is 0 Å². The summed E-state index contributed by atoms with van der Waals surface area (Å²) in [4.78, 5) is 2.36. The molecule has 0 aliphatic carbocycles. The quantitative estimate of drug-likeness (QED) is 0.138. The minimum absolute atomic E-state index is 0.259. The summed E-state index contributed by atoms with van der Waals surface area (Å²) < 4.78 is 9.33. The van der Waals surface area contributed by atoms with Crippen LogP contribution in [0.1, 0.15) is 0 Å². The Labute approximate surface area is 277 Å². The Balaban J connectivity index is 1.21. The molecule has 0 amide bonds. The van der Waals surface area contributed by atoms with Crippen molar-refractivity contribution in [2.75, 3.05) is 4.90 Å². The molecule has 0 aliphatic rings. The molecule has 0 N–H and O–H groups in total. The van der Waals surface area contributed by atoms with Gasteiger partial charge in [0.05, 0.1) is 0 Å². The minimum Gasteiger partial charge on any atom is -0.0617 e. The van der Waals surface area contributed by atoms with Crippen LogP contribution in [-0.2, 0) is 0 Å². The molecule has 10 rings (SSSR count). The fourth-order valence-electron chi connectivity index (χ4n) is 7.18. The summed E-state index contributed by atoms with van der Waals surface area (Å²) in [6.45, 7) is 0. The van der Waals surface area contributed by atoms with E-state index in [0.29, 0.717) is 0 Å². The molecule has 0 saturated carbocycles. The first-order chi connectivity index (χ1) is 23.3. The number of fused-ring (bicyclic) bond motifs is 10. The second-order valence-electron chi connectivity index (χ2n) is 12.1. The van der Waals surface area contributed by atoms with Gasteiger partial charge in [-0.2, -0.15) is 0 Å². The first-order valence-electron chi connectivity index (χ1n) is 15.9. The standard InChI is InChI=1S/C44H27NOSe/c1-2-8-28(9-3-1)29-16-20-32(21-17-29)45(34-23-25-36-35-10-4-6-12-40(35)46-41(36)27-34)33-22-18-30-14-15-31-19-24-38-37-11-5-7-13-42(37)47-44(38)43(31)39(30)26-33/h1-27H. The zero-order chi connectivity index (χ0) is 30.9. The van der Waals surface area contributed by atoms with Crippen molar-refractivity contribution in [3.8, 4) is 11.1 Å². The molecule has 47 heavy (non-hydrogen) atoms. The van der Waals surface area contributed by atoms with Crippen LogP contribution < -0.4 is 4.90 Å². The molecule has 0 bridgehead atoms. The molecule has 0 spiro atoms. The third-order valence-corrected chi connectivity index (χ3v) is 12.0. The molecule has 2 nitrogen and oxygen atoms in total. The average Bonchev–Trinajstić information content (AvgIpc) is 3.70. The van der Waals surface area contributed by atoms with E-state index in [2.05, 4.69) is 157 Å². The van der Waals surface area contributed by atoms with Crippen LogP contribution in [0.25, 0.3) is 73.9 Å². The fraction of sp³-hybridized carbons (Fsp3) is 0. The van der Waals surface area contributed by atoms with Gasteiger partial charge in [0, 0.05) is 0 Å². The molecule has 2 aromatic heterocycles. The van der Waals surface area contributed by atoms with E-state index in [1.54, 1.807) is 0 Å². The summed E-state index contributed by atoms with van der Waals surface area (Å²) in [6.07, 6.45) is 0. The predicted octanol–water partition coefficient (Wildman–Crippen LogP) is 12.4. The molecular weight excluding hydrogens is 637 g/mol. The molecule has 3 heteroatoms. The van der Waals surface area contributed by atoms with E-state index in [9.17, 15) is 0 Å². The Hall–Kier alpha value is -5.60. The first-order valence-corrected chi connectivity index (χ1v) is 17.6. The Bertz CT molecular complexity index is 2790. The number of furan rings is 1. The van der Waals surface area contributed by atoms with Gasteiger partial charge in [-0.1, -0.05) is 30.3 Å². The van der Waals surface area contributed by atoms with E-state index >= 15 is 0 Å². The molecule has 10 aromatic rings. The number of nitrogens with zero attached hydrogens (tertiary/aromatic N) is 1. The van der Waals surface area contributed by atoms with Crippen LogP contribution >= 0.6 is 0 Å². The summed E-state index contributed by atoms with van der Waals surface area (Å²) >= 11 is 0.259. The van der Waals surface area contributed by atoms with E-state index in [4.69, 9.17) is 4.42 Å². The minimum atomic E-state index is 0.259. The second-order valence-corrected chi connectivity index (χ2v) is 14.3. The average molecular weight is 665 g/mol. The van der Waals surface area contributed by atoms with Gasteiger partial charge in [-0.25, -0.2) is 0 Å². The third kappa shape index (κ3) is 4.25. The van der Waals surface area contributed by atoms with Crippen LogP contribution in [0.15, 0.2) is 168 Å². The Kier molecular flexibility index (Phi) is 5.92. The van der Waals surface area contributed by atoms with Crippen LogP contribution in [0.5, 0.6) is 0 Å². The Morgan fingerprint density at radius 1 is 0.404 bits per heavy atom. The van der Waals surface area contributed by atoms with Crippen molar-refractivity contribution in [1.82, 2.24) is 0 Å². The van der Waals surface area contributed by atoms with Crippen molar-refractivity contribution in [2.24, 2.45) is 0 Å². The molecule has 0 unspecified atom stereocenters. The summed E-state index contributed by atoms with van der Waals surface area (Å²) in [6, 6.07) is 59.4. The molecule has 8 aromatic carbocycles. The smallest absolute Gasteiger partial charge is 0.0617 e. The van der Waals surface area contributed by atoms with Gasteiger partial charge in [-0.15, -0.1) is 0 Å². The molecule has 220 valence electrons. The summed E-state index contributed by atoms with van der Waals surface area (Å²) in [5, 5.41) is 10.3. The normalized spacial score (nSPS) is 11.8. The summed E-state index contributed by atoms with van der Waals surface area (Å²) in [5.74, 6) is 0. The topological polar surface area (TPSA) is 16.4 Å². The first kappa shape index (κ1) is 26.6. The maximum absolute atomic E-state index is 6.38. The van der Waals surface area contributed by atoms with Crippen molar-refractivity contribution in [1.29, 1.82) is 0 Å². The monoisotopic (exact) mass is 665 g/mol. The predicted molar refractivity (Wildman–Crippen MR) is 201 cm³/mol. The second kappa shape index (κ2) is 10.5. The van der Waals surface area contributed by atoms with Crippen molar-refractivity contribution in [3.05, 3.63) is 164 Å². The molecule has 0 atom stereocenters. The van der Waals surface area contributed by atoms with Crippen molar-refractivity contribution in [2.45, 2.75) is 0 Å². The maximum atomic E-state index is 6.38. The summed E-state index contributed by atoms with van der Waals surface area (Å²) in [5.41, 5.74) is 7.49. The fourth-order valence-corrected chi connectivity index (χ4v) is 9.85. The zero-order valence-electron chi connectivity index (χ0n) is 25.4. The van der Waals surface area contributed by atoms with Gasteiger partial charge in [0.15, 0.2) is 0 Å². The van der Waals surface area contributed by atoms with Gasteiger partial charge in [0.1, 0.15) is 0 Å². The van der Waals surface area contributed by atoms with Crippen molar-refractivity contribution in [3.63, 3.8) is 0 Å². The van der Waals surface area contributed by atoms with Gasteiger partial charge < -0.3 is 0 Å². The number of rotatable bonds is 4. The number of anilines is 3. The van der Waals surface area contributed by atoms with E-state index in [1.165, 1.54) is 52.0 Å². The van der Waals surface area contributed by atoms with E-state index in [1.807, 2.05) is 12.1 Å². The molecule has 0 fully saturated rings. The van der Waals surface area contributed by atoms with Crippen LogP contribution in [0, 0.1) is 0 Å². The number of hydrogen-bond acceptors (Lipinski definition) is 2. The van der Waals surface area contributed by atoms with Crippen LogP contribution in [0.4, 0.5) is 17.1 Å². The molecule has 0 aliphatic heterocycles. The van der Waals surface area contributed by atoms with Crippen LogP contribution in [0.3, 0.4) is 0 Å².